The molecule has 3 rings (SSSR count). The zero-order valence-corrected chi connectivity index (χ0v) is 16.0. The van der Waals surface area contributed by atoms with Gasteiger partial charge in [-0.3, -0.25) is 4.79 Å². The fourth-order valence-corrected chi connectivity index (χ4v) is 3.12. The molecule has 0 aliphatic heterocycles. The van der Waals surface area contributed by atoms with E-state index in [-0.39, 0.29) is 11.7 Å². The van der Waals surface area contributed by atoms with Crippen LogP contribution in [0, 0.1) is 5.82 Å². The lowest BCUT2D eigenvalue weighted by Crippen LogP contribution is -2.26. The number of amides is 1. The van der Waals surface area contributed by atoms with Crippen LogP contribution in [0.25, 0.3) is 16.6 Å². The van der Waals surface area contributed by atoms with E-state index in [1.54, 1.807) is 25.3 Å². The molecule has 1 heterocycles. The quantitative estimate of drug-likeness (QED) is 0.457. The number of halogens is 1. The van der Waals surface area contributed by atoms with Gasteiger partial charge in [0.05, 0.1) is 19.3 Å². The minimum absolute atomic E-state index is 0.227. The number of aromatic nitrogens is 1. The van der Waals surface area contributed by atoms with Crippen molar-refractivity contribution in [1.82, 2.24) is 10.3 Å². The molecule has 0 saturated heterocycles. The highest BCUT2D eigenvalue weighted by Crippen LogP contribution is 2.24. The van der Waals surface area contributed by atoms with E-state index < -0.39 is 0 Å². The Balaban J connectivity index is 1.43. The van der Waals surface area contributed by atoms with Crippen LogP contribution in [0.2, 0.25) is 0 Å². The molecule has 0 aliphatic carbocycles. The van der Waals surface area contributed by atoms with E-state index in [2.05, 4.69) is 10.3 Å². The number of nitrogens with one attached hydrogen (secondary N) is 1. The average Bonchev–Trinajstić information content (AvgIpc) is 3.20. The summed E-state index contributed by atoms with van der Waals surface area (Å²) in [6.45, 7) is 0.740. The van der Waals surface area contributed by atoms with Crippen molar-refractivity contribution in [1.29, 1.82) is 0 Å². The number of carbonyl (C=O) groups is 1. The van der Waals surface area contributed by atoms with Crippen molar-refractivity contribution in [2.45, 2.75) is 0 Å². The van der Waals surface area contributed by atoms with Gasteiger partial charge >= 0.3 is 0 Å². The topological polar surface area (TPSA) is 60.5 Å². The maximum absolute atomic E-state index is 13.0. The molecule has 0 fully saturated rings. The van der Waals surface area contributed by atoms with Gasteiger partial charge in [-0.2, -0.15) is 0 Å². The molecule has 0 radical (unpaired) electrons. The maximum Gasteiger partial charge on any atom is 0.244 e. The van der Waals surface area contributed by atoms with Gasteiger partial charge < -0.3 is 14.8 Å². The first-order valence-corrected chi connectivity index (χ1v) is 9.46. The van der Waals surface area contributed by atoms with Gasteiger partial charge in [0.1, 0.15) is 28.9 Å². The van der Waals surface area contributed by atoms with Crippen LogP contribution in [0.5, 0.6) is 11.5 Å². The van der Waals surface area contributed by atoms with Crippen molar-refractivity contribution in [3.8, 4) is 22.1 Å². The number of hydrogen-bond acceptors (Lipinski definition) is 5. The minimum Gasteiger partial charge on any atom is -0.497 e. The lowest BCUT2D eigenvalue weighted by atomic mass is 10.2. The minimum atomic E-state index is -0.284. The number of hydrogen-bond donors (Lipinski definition) is 1. The summed E-state index contributed by atoms with van der Waals surface area (Å²) in [7, 11) is 1.61. The van der Waals surface area contributed by atoms with Crippen LogP contribution in [-0.2, 0) is 4.79 Å². The summed E-state index contributed by atoms with van der Waals surface area (Å²) in [5, 5.41) is 5.36. The summed E-state index contributed by atoms with van der Waals surface area (Å²) in [6, 6.07) is 13.4. The molecule has 5 nitrogen and oxygen atoms in total. The number of ether oxygens (including phenoxy) is 2. The summed E-state index contributed by atoms with van der Waals surface area (Å²) in [5.74, 6) is 0.958. The van der Waals surface area contributed by atoms with E-state index in [1.165, 1.54) is 29.5 Å². The number of thiazole rings is 1. The van der Waals surface area contributed by atoms with Gasteiger partial charge in [-0.05, 0) is 54.6 Å². The molecular weight excluding hydrogens is 379 g/mol. The van der Waals surface area contributed by atoms with Crippen molar-refractivity contribution >= 4 is 23.3 Å². The third-order valence-corrected chi connectivity index (χ3v) is 4.66. The molecule has 0 saturated carbocycles. The first-order valence-electron chi connectivity index (χ1n) is 8.58. The molecule has 7 heteroatoms. The van der Waals surface area contributed by atoms with Gasteiger partial charge in [0, 0.05) is 17.0 Å². The largest absolute Gasteiger partial charge is 0.497 e. The Kier molecular flexibility index (Phi) is 6.75. The average molecular weight is 398 g/mol. The number of benzene rings is 2. The lowest BCUT2D eigenvalue weighted by molar-refractivity contribution is -0.116. The van der Waals surface area contributed by atoms with E-state index >= 15 is 0 Å². The SMILES string of the molecule is COc1ccc(OCCNC(=O)/C=C/c2csc(-c3ccc(F)cc3)n2)cc1. The summed E-state index contributed by atoms with van der Waals surface area (Å²) in [5.41, 5.74) is 1.51. The van der Waals surface area contributed by atoms with Crippen LogP contribution < -0.4 is 14.8 Å². The van der Waals surface area contributed by atoms with E-state index in [0.29, 0.717) is 24.6 Å². The van der Waals surface area contributed by atoms with Gasteiger partial charge in [-0.1, -0.05) is 0 Å². The third-order valence-electron chi connectivity index (χ3n) is 3.75. The standard InChI is InChI=1S/C21H19FN2O3S/c1-26-18-7-9-19(10-8-18)27-13-12-23-20(25)11-6-17-14-28-21(24-17)15-2-4-16(22)5-3-15/h2-11,14H,12-13H2,1H3,(H,23,25)/b11-6+. The van der Waals surface area contributed by atoms with Crippen molar-refractivity contribution in [2.75, 3.05) is 20.3 Å². The summed E-state index contributed by atoms with van der Waals surface area (Å²) in [4.78, 5) is 16.3. The third kappa shape index (κ3) is 5.65. The van der Waals surface area contributed by atoms with Crippen molar-refractivity contribution in [3.63, 3.8) is 0 Å². The van der Waals surface area contributed by atoms with E-state index in [4.69, 9.17) is 9.47 Å². The predicted octanol–water partition coefficient (Wildman–Crippen LogP) is 4.17. The number of methoxy groups -OCH3 is 1. The van der Waals surface area contributed by atoms with Gasteiger partial charge in [-0.15, -0.1) is 11.3 Å². The second-order valence-electron chi connectivity index (χ2n) is 5.73. The maximum atomic E-state index is 13.0. The first kappa shape index (κ1) is 19.6. The lowest BCUT2D eigenvalue weighted by Gasteiger charge is -2.07. The number of rotatable bonds is 8. The number of nitrogens with zero attached hydrogens (tertiary/aromatic N) is 1. The zero-order valence-electron chi connectivity index (χ0n) is 15.2. The smallest absolute Gasteiger partial charge is 0.244 e. The zero-order chi connectivity index (χ0) is 19.8. The molecule has 3 aromatic rings. The summed E-state index contributed by atoms with van der Waals surface area (Å²) in [6.07, 6.45) is 3.07. The normalized spacial score (nSPS) is 10.8. The first-order chi connectivity index (χ1) is 13.6. The van der Waals surface area contributed by atoms with Crippen LogP contribution in [0.3, 0.4) is 0 Å². The predicted molar refractivity (Wildman–Crippen MR) is 108 cm³/mol. The Hall–Kier alpha value is -3.19. The van der Waals surface area contributed by atoms with Crippen molar-refractivity contribution in [2.24, 2.45) is 0 Å². The van der Waals surface area contributed by atoms with E-state index in [0.717, 1.165) is 16.3 Å². The molecule has 1 N–H and O–H groups in total. The second-order valence-corrected chi connectivity index (χ2v) is 6.59. The summed E-state index contributed by atoms with van der Waals surface area (Å²) >= 11 is 1.44. The monoisotopic (exact) mass is 398 g/mol. The van der Waals surface area contributed by atoms with Crippen molar-refractivity contribution in [3.05, 3.63) is 71.5 Å². The van der Waals surface area contributed by atoms with Gasteiger partial charge in [0.25, 0.3) is 0 Å². The van der Waals surface area contributed by atoms with Crippen LogP contribution in [0.15, 0.2) is 60.0 Å². The highest BCUT2D eigenvalue weighted by atomic mass is 32.1. The van der Waals surface area contributed by atoms with E-state index in [1.807, 2.05) is 29.6 Å². The molecular formula is C21H19FN2O3S. The highest BCUT2D eigenvalue weighted by molar-refractivity contribution is 7.13. The van der Waals surface area contributed by atoms with Gasteiger partial charge in [0.2, 0.25) is 5.91 Å². The van der Waals surface area contributed by atoms with Crippen LogP contribution in [0.1, 0.15) is 5.69 Å². The van der Waals surface area contributed by atoms with Gasteiger partial charge in [-0.25, -0.2) is 9.37 Å². The molecule has 2 aromatic carbocycles. The van der Waals surface area contributed by atoms with Crippen molar-refractivity contribution < 1.29 is 18.7 Å². The fraction of sp³-hybridized carbons (Fsp3) is 0.143. The number of carbonyl (C=O) groups excluding carboxylic acids is 1. The molecule has 0 unspecified atom stereocenters. The Morgan fingerprint density at radius 3 is 2.57 bits per heavy atom. The second kappa shape index (κ2) is 9.66. The summed E-state index contributed by atoms with van der Waals surface area (Å²) < 4.78 is 23.6. The molecule has 0 bridgehead atoms. The van der Waals surface area contributed by atoms with Crippen LogP contribution >= 0.6 is 11.3 Å². The fourth-order valence-electron chi connectivity index (χ4n) is 2.32. The molecule has 144 valence electrons. The molecule has 0 aliphatic rings. The Labute approximate surface area is 166 Å². The molecule has 0 atom stereocenters. The highest BCUT2D eigenvalue weighted by Gasteiger charge is 2.04. The molecule has 1 amide bonds. The molecule has 28 heavy (non-hydrogen) atoms. The van der Waals surface area contributed by atoms with Gasteiger partial charge in [0.15, 0.2) is 0 Å². The molecule has 1 aromatic heterocycles. The van der Waals surface area contributed by atoms with Crippen LogP contribution in [-0.4, -0.2) is 31.2 Å². The Morgan fingerprint density at radius 2 is 1.86 bits per heavy atom. The van der Waals surface area contributed by atoms with E-state index in [9.17, 15) is 9.18 Å². The Bertz CT molecular complexity index is 937. The Morgan fingerprint density at radius 1 is 1.14 bits per heavy atom. The molecule has 0 spiro atoms. The van der Waals surface area contributed by atoms with Crippen LogP contribution in [0.4, 0.5) is 4.39 Å².